The number of hydrogen-bond donors (Lipinski definition) is 2. The smallest absolute Gasteiger partial charge is 0.186 e. The van der Waals surface area contributed by atoms with Gasteiger partial charge in [0.2, 0.25) is 0 Å². The highest BCUT2D eigenvalue weighted by atomic mass is 35.5. The van der Waals surface area contributed by atoms with Gasteiger partial charge in [0, 0.05) is 7.05 Å². The fourth-order valence-corrected chi connectivity index (χ4v) is 1.39. The van der Waals surface area contributed by atoms with E-state index in [9.17, 15) is 0 Å². The zero-order valence-corrected chi connectivity index (χ0v) is 11.2. The van der Waals surface area contributed by atoms with Crippen LogP contribution in [0.1, 0.15) is 12.5 Å². The summed E-state index contributed by atoms with van der Waals surface area (Å²) in [5.41, 5.74) is 3.52. The summed E-state index contributed by atoms with van der Waals surface area (Å²) in [7, 11) is 1.72. The van der Waals surface area contributed by atoms with Crippen LogP contribution in [0.15, 0.2) is 23.3 Å². The number of rotatable bonds is 4. The van der Waals surface area contributed by atoms with E-state index in [0.717, 1.165) is 5.56 Å². The SMILES string of the molecule is CCOc1ccc(/C=N/NC(=S)NC)cc1Cl. The molecule has 0 heterocycles. The Hall–Kier alpha value is -1.33. The lowest BCUT2D eigenvalue weighted by Crippen LogP contribution is -2.28. The minimum Gasteiger partial charge on any atom is -0.492 e. The largest absolute Gasteiger partial charge is 0.492 e. The molecule has 0 aromatic heterocycles. The van der Waals surface area contributed by atoms with Crippen molar-refractivity contribution in [1.82, 2.24) is 10.7 Å². The number of hydrogen-bond acceptors (Lipinski definition) is 3. The third-order valence-electron chi connectivity index (χ3n) is 1.86. The molecule has 0 aliphatic rings. The van der Waals surface area contributed by atoms with Crippen molar-refractivity contribution in [3.8, 4) is 5.75 Å². The molecule has 4 nitrogen and oxygen atoms in total. The summed E-state index contributed by atoms with van der Waals surface area (Å²) in [6.45, 7) is 2.50. The number of hydrazone groups is 1. The molecule has 0 radical (unpaired) electrons. The first-order chi connectivity index (χ1) is 8.17. The molecule has 0 amide bonds. The molecule has 1 aromatic rings. The van der Waals surface area contributed by atoms with Crippen LogP contribution in [0.4, 0.5) is 0 Å². The number of nitrogens with zero attached hydrogens (tertiary/aromatic N) is 1. The Kier molecular flexibility index (Phi) is 5.72. The Bertz CT molecular complexity index is 423. The lowest BCUT2D eigenvalue weighted by atomic mass is 10.2. The van der Waals surface area contributed by atoms with Gasteiger partial charge < -0.3 is 10.1 Å². The van der Waals surface area contributed by atoms with Crippen LogP contribution in [0.5, 0.6) is 5.75 Å². The van der Waals surface area contributed by atoms with Crippen LogP contribution in [0, 0.1) is 0 Å². The summed E-state index contributed by atoms with van der Waals surface area (Å²) >= 11 is 10.9. The van der Waals surface area contributed by atoms with Crippen LogP contribution in [-0.2, 0) is 0 Å². The van der Waals surface area contributed by atoms with Gasteiger partial charge in [-0.2, -0.15) is 5.10 Å². The molecule has 0 saturated carbocycles. The monoisotopic (exact) mass is 271 g/mol. The van der Waals surface area contributed by atoms with Gasteiger partial charge >= 0.3 is 0 Å². The summed E-state index contributed by atoms with van der Waals surface area (Å²) in [5.74, 6) is 0.671. The molecule has 92 valence electrons. The topological polar surface area (TPSA) is 45.6 Å². The van der Waals surface area contributed by atoms with Crippen molar-refractivity contribution in [3.05, 3.63) is 28.8 Å². The van der Waals surface area contributed by atoms with Gasteiger partial charge in [0.1, 0.15) is 5.75 Å². The van der Waals surface area contributed by atoms with Gasteiger partial charge in [0.15, 0.2) is 5.11 Å². The second-order valence-corrected chi connectivity index (χ2v) is 3.89. The molecule has 0 atom stereocenters. The van der Waals surface area contributed by atoms with Crippen LogP contribution in [-0.4, -0.2) is 25.0 Å². The van der Waals surface area contributed by atoms with Crippen molar-refractivity contribution in [2.24, 2.45) is 5.10 Å². The van der Waals surface area contributed by atoms with E-state index in [1.54, 1.807) is 19.3 Å². The van der Waals surface area contributed by atoms with Crippen molar-refractivity contribution in [2.75, 3.05) is 13.7 Å². The van der Waals surface area contributed by atoms with Gasteiger partial charge in [-0.05, 0) is 42.9 Å². The maximum absolute atomic E-state index is 6.03. The third-order valence-corrected chi connectivity index (χ3v) is 2.45. The molecule has 0 fully saturated rings. The van der Waals surface area contributed by atoms with E-state index >= 15 is 0 Å². The number of nitrogens with one attached hydrogen (secondary N) is 2. The lowest BCUT2D eigenvalue weighted by Gasteiger charge is -2.05. The predicted molar refractivity (Wildman–Crippen MR) is 75.0 cm³/mol. The van der Waals surface area contributed by atoms with Crippen molar-refractivity contribution >= 4 is 35.1 Å². The average Bonchev–Trinajstić information content (AvgIpc) is 2.32. The molecule has 17 heavy (non-hydrogen) atoms. The highest BCUT2D eigenvalue weighted by molar-refractivity contribution is 7.80. The van der Waals surface area contributed by atoms with Crippen LogP contribution in [0.3, 0.4) is 0 Å². The fourth-order valence-electron chi connectivity index (χ4n) is 1.09. The van der Waals surface area contributed by atoms with Crippen LogP contribution in [0.2, 0.25) is 5.02 Å². The quantitative estimate of drug-likeness (QED) is 0.501. The van der Waals surface area contributed by atoms with Crippen molar-refractivity contribution in [1.29, 1.82) is 0 Å². The Labute approximate surface area is 111 Å². The zero-order valence-electron chi connectivity index (χ0n) is 9.66. The average molecular weight is 272 g/mol. The maximum atomic E-state index is 6.03. The summed E-state index contributed by atoms with van der Waals surface area (Å²) < 4.78 is 5.33. The van der Waals surface area contributed by atoms with Crippen LogP contribution < -0.4 is 15.5 Å². The minimum absolute atomic E-state index is 0.457. The molecule has 0 spiro atoms. The first kappa shape index (κ1) is 13.7. The molecule has 2 N–H and O–H groups in total. The zero-order chi connectivity index (χ0) is 12.7. The van der Waals surface area contributed by atoms with E-state index in [1.807, 2.05) is 19.1 Å². The van der Waals surface area contributed by atoms with Crippen LogP contribution in [0.25, 0.3) is 0 Å². The predicted octanol–water partition coefficient (Wildman–Crippen LogP) is 2.17. The van der Waals surface area contributed by atoms with E-state index in [1.165, 1.54) is 0 Å². The summed E-state index contributed by atoms with van der Waals surface area (Å²) in [6, 6.07) is 5.45. The molecule has 0 aliphatic carbocycles. The molecular formula is C11H14ClN3OS. The van der Waals surface area contributed by atoms with Gasteiger partial charge in [-0.1, -0.05) is 11.6 Å². The van der Waals surface area contributed by atoms with E-state index in [0.29, 0.717) is 22.5 Å². The van der Waals surface area contributed by atoms with Gasteiger partial charge in [-0.15, -0.1) is 0 Å². The Morgan fingerprint density at radius 2 is 2.35 bits per heavy atom. The molecule has 6 heteroatoms. The molecular weight excluding hydrogens is 258 g/mol. The van der Waals surface area contributed by atoms with Crippen molar-refractivity contribution < 1.29 is 4.74 Å². The molecule has 1 rings (SSSR count). The minimum atomic E-state index is 0.457. The summed E-state index contributed by atoms with van der Waals surface area (Å²) in [4.78, 5) is 0. The fraction of sp³-hybridized carbons (Fsp3) is 0.273. The van der Waals surface area contributed by atoms with Gasteiger partial charge in [0.05, 0.1) is 17.8 Å². The number of thiocarbonyl (C=S) groups is 1. The van der Waals surface area contributed by atoms with E-state index in [-0.39, 0.29) is 0 Å². The van der Waals surface area contributed by atoms with E-state index in [4.69, 9.17) is 28.6 Å². The molecule has 0 bridgehead atoms. The lowest BCUT2D eigenvalue weighted by molar-refractivity contribution is 0.340. The second kappa shape index (κ2) is 7.09. The van der Waals surface area contributed by atoms with Crippen molar-refractivity contribution in [3.63, 3.8) is 0 Å². The molecule has 1 aromatic carbocycles. The highest BCUT2D eigenvalue weighted by Gasteiger charge is 2.00. The molecule has 0 aliphatic heterocycles. The van der Waals surface area contributed by atoms with Gasteiger partial charge in [0.25, 0.3) is 0 Å². The Balaban J connectivity index is 2.67. The van der Waals surface area contributed by atoms with Gasteiger partial charge in [-0.3, -0.25) is 5.43 Å². The Morgan fingerprint density at radius 1 is 1.59 bits per heavy atom. The summed E-state index contributed by atoms with van der Waals surface area (Å²) in [5, 5.41) is 7.72. The maximum Gasteiger partial charge on any atom is 0.186 e. The third kappa shape index (κ3) is 4.58. The highest BCUT2D eigenvalue weighted by Crippen LogP contribution is 2.24. The number of ether oxygens (including phenoxy) is 1. The normalized spacial score (nSPS) is 10.3. The Morgan fingerprint density at radius 3 is 2.94 bits per heavy atom. The van der Waals surface area contributed by atoms with Crippen LogP contribution >= 0.6 is 23.8 Å². The van der Waals surface area contributed by atoms with E-state index < -0.39 is 0 Å². The summed E-state index contributed by atoms with van der Waals surface area (Å²) in [6.07, 6.45) is 1.63. The number of benzene rings is 1. The standard InChI is InChI=1S/C11H14ClN3OS/c1-3-16-10-5-4-8(6-9(10)12)7-14-15-11(17)13-2/h4-7H,3H2,1-2H3,(H2,13,15,17)/b14-7+. The van der Waals surface area contributed by atoms with Crippen molar-refractivity contribution in [2.45, 2.75) is 6.92 Å². The number of halogens is 1. The molecule has 0 unspecified atom stereocenters. The van der Waals surface area contributed by atoms with Gasteiger partial charge in [-0.25, -0.2) is 0 Å². The molecule has 0 saturated heterocycles. The second-order valence-electron chi connectivity index (χ2n) is 3.07. The first-order valence-corrected chi connectivity index (χ1v) is 5.89. The first-order valence-electron chi connectivity index (χ1n) is 5.10. The van der Waals surface area contributed by atoms with E-state index in [2.05, 4.69) is 15.8 Å².